The molecule has 0 saturated carbocycles. The van der Waals surface area contributed by atoms with Crippen LogP contribution in [0.25, 0.3) is 16.5 Å². The van der Waals surface area contributed by atoms with Gasteiger partial charge in [0.25, 0.3) is 0 Å². The zero-order valence-corrected chi connectivity index (χ0v) is 87.2. The van der Waals surface area contributed by atoms with E-state index in [0.29, 0.717) is 93.7 Å². The van der Waals surface area contributed by atoms with Gasteiger partial charge in [0, 0.05) is 114 Å². The first-order valence-corrected chi connectivity index (χ1v) is 48.3. The number of carboxylic acids is 1. The lowest BCUT2D eigenvalue weighted by Crippen LogP contribution is -2.32. The van der Waals surface area contributed by atoms with Crippen LogP contribution in [0.1, 0.15) is 280 Å². The average Bonchev–Trinajstić information content (AvgIpc) is 0.823. The smallest absolute Gasteiger partial charge is 0.306 e. The number of rotatable bonds is 54. The highest BCUT2D eigenvalue weighted by Gasteiger charge is 2.25. The number of aliphatic carboxylic acids is 1. The Labute approximate surface area is 802 Å². The predicted octanol–water partition coefficient (Wildman–Crippen LogP) is 16.9. The Kier molecular flexibility index (Phi) is 76.9. The van der Waals surface area contributed by atoms with Gasteiger partial charge in [-0.25, -0.2) is 9.97 Å². The molecule has 29 N–H and O–H groups in total. The van der Waals surface area contributed by atoms with Gasteiger partial charge in [0.15, 0.2) is 0 Å². The second-order valence-electron chi connectivity index (χ2n) is 38.1. The third kappa shape index (κ3) is 73.1. The van der Waals surface area contributed by atoms with E-state index in [0.717, 1.165) is 177 Å². The minimum Gasteiger partial charge on any atom is -0.481 e. The number of unbranched alkanes of at least 4 members (excludes halogenated alkanes) is 7. The van der Waals surface area contributed by atoms with Crippen LogP contribution in [0.3, 0.4) is 0 Å². The van der Waals surface area contributed by atoms with Crippen LogP contribution in [0.4, 0.5) is 11.6 Å². The summed E-state index contributed by atoms with van der Waals surface area (Å²) in [7, 11) is 7.02. The molecule has 0 unspecified atom stereocenters. The summed E-state index contributed by atoms with van der Waals surface area (Å²) in [6.45, 7) is 72.5. The van der Waals surface area contributed by atoms with Gasteiger partial charge in [-0.15, -0.1) is 0 Å². The van der Waals surface area contributed by atoms with Crippen molar-refractivity contribution in [2.75, 3.05) is 78.9 Å². The van der Waals surface area contributed by atoms with Crippen molar-refractivity contribution in [2.45, 2.75) is 280 Å². The molecule has 132 heavy (non-hydrogen) atoms. The molecule has 4 aromatic rings. The summed E-state index contributed by atoms with van der Waals surface area (Å²) < 4.78 is 0. The molecule has 0 aliphatic heterocycles. The molecule has 756 valence electrons. The van der Waals surface area contributed by atoms with Gasteiger partial charge in [0.2, 0.25) is 23.6 Å². The Balaban J connectivity index is -0.000000459. The van der Waals surface area contributed by atoms with Gasteiger partial charge in [0.05, 0.1) is 40.8 Å². The number of fused-ring (bicyclic) bond motifs is 1. The number of primary amides is 1. The minimum absolute atomic E-state index is 0.00826. The number of hydrogen-bond donors (Lipinski definition) is 19. The fraction of sp³-hybridized carbons (Fsp3) is 0.629. The number of anilines is 2. The van der Waals surface area contributed by atoms with Crippen molar-refractivity contribution >= 4 is 57.7 Å². The zero-order chi connectivity index (χ0) is 102. The van der Waals surface area contributed by atoms with Gasteiger partial charge in [-0.1, -0.05) is 265 Å². The number of aryl methyl sites for hydroxylation is 2. The molecule has 0 aliphatic carbocycles. The molecule has 0 radical (unpaired) electrons. The molecule has 2 heterocycles. The molecule has 0 bridgehead atoms. The molecule has 2 aromatic carbocycles. The summed E-state index contributed by atoms with van der Waals surface area (Å²) in [5, 5.41) is 34.4. The number of carbonyl (C=O) groups is 5. The van der Waals surface area contributed by atoms with Crippen LogP contribution in [-0.2, 0) is 43.2 Å². The van der Waals surface area contributed by atoms with Gasteiger partial charge in [-0.3, -0.25) is 24.0 Å². The second kappa shape index (κ2) is 78.1. The van der Waals surface area contributed by atoms with E-state index in [9.17, 15) is 24.0 Å². The highest BCUT2D eigenvalue weighted by atomic mass is 16.4. The highest BCUT2D eigenvalue weighted by molar-refractivity contribution is 5.91. The number of nitrogens with one attached hydrogen (secondary N) is 8. The van der Waals surface area contributed by atoms with Crippen LogP contribution in [-0.4, -0.2) is 117 Å². The van der Waals surface area contributed by atoms with E-state index in [2.05, 4.69) is 233 Å². The largest absolute Gasteiger partial charge is 0.481 e. The first-order valence-electron chi connectivity index (χ1n) is 48.3. The Morgan fingerprint density at radius 2 is 0.720 bits per heavy atom. The number of benzene rings is 2. The van der Waals surface area contributed by atoms with E-state index in [1.807, 2.05) is 73.0 Å². The Bertz CT molecular complexity index is 3720. The molecule has 2 aromatic heterocycles. The van der Waals surface area contributed by atoms with Crippen LogP contribution < -0.4 is 99.9 Å². The monoisotopic (exact) mass is 1850 g/mol. The quantitative estimate of drug-likeness (QED) is 0.0183. The number of pyridine rings is 2. The maximum absolute atomic E-state index is 11.9. The average molecular weight is 1850 g/mol. The van der Waals surface area contributed by atoms with Gasteiger partial charge in [-0.2, -0.15) is 0 Å². The van der Waals surface area contributed by atoms with Crippen molar-refractivity contribution in [1.82, 2.24) is 57.4 Å². The molecule has 0 aliphatic rings. The number of nitrogens with zero attached hydrogens (tertiary/aromatic N) is 3. The standard InChI is InChI=1S/C13H27N3O.C13H16N2.2C12H25N3O.C12H17N.C11H23N3O.C11H22N2O2.C11H18N2.C10H22N2/c1-10(2)12(13(17)16(4)5)8-6-7-9-15-11(3)14;1-9(2)7-10-3-4-12-11(8-10)5-6-15-13(12)14;2*1-9(2)11(12(16)14-4)7-5-6-8-15-10(3)13;1-9(2)8-11-4-6-12(7-5-11)10(3)13;1-8(2)10(11(13)15)6-4-5-7-14-9(3)12;1-8(2)10(11(14)15)6-4-5-7-13-9(3)12;1-7(2)5-10-8(3)6-11(12)13-9(10)4;1-9(2)7-5-4-6-8-12-10(3)11/h10,12,15H,3,6-9,14H2,1-2,4-5H3;3-6,8-9H,7H2,1-2H3,(H2,14,15);2*9,11,15H,3,5-8,13H2,1-2,4H3,(H,14,16);4-7,9H,3,8,13H2,1-2H3;8,10,14H,3-7,12H2,1-2H3,(H2,13,15);8,10,13H,3-7,12H2,1-2H3,(H,14,15);6-7H,5H2,1-4H3,(H2,12,13);9,12H,3-8,11H2,1-2H3/t12-;;2*11-;;2*10-;;/m1.10.11../s1. The maximum atomic E-state index is 11.9. The van der Waals surface area contributed by atoms with Gasteiger partial charge < -0.3 is 110 Å². The number of carboxylic acid groups (broad SMARTS) is 1. The van der Waals surface area contributed by atoms with E-state index >= 15 is 0 Å². The first-order chi connectivity index (χ1) is 61.6. The van der Waals surface area contributed by atoms with Crippen LogP contribution in [0, 0.1) is 96.7 Å². The number of amides is 4. The molecule has 4 rings (SSSR count). The lowest BCUT2D eigenvalue weighted by atomic mass is 9.89. The Morgan fingerprint density at radius 3 is 1.02 bits per heavy atom. The number of hydrogen-bond acceptors (Lipinski definition) is 22. The van der Waals surface area contributed by atoms with Gasteiger partial charge in [0.1, 0.15) is 11.6 Å². The second-order valence-corrected chi connectivity index (χ2v) is 38.1. The molecular formula is C105H195N21O6. The SMILES string of the molecule is C=C(N)NCCCCCC(C)C.C=C(N)NCCCC[C@@H](C(=O)N(C)C)C(C)C.C=C(N)NCCCC[C@@H](C(=O)NC)C(C)C.C=C(N)NCCCC[C@@H](C(=O)O)C(C)C.C=C(N)NCCCC[C@@H](C(N)=O)C(C)C.C=C(N)NCCCC[C@H](C(=O)NC)C(C)C.C=C(N)c1ccc(CC(C)C)cc1.CC(C)Cc1ccc2c(N)nccc2c1.Cc1cc(N)nc(C)c1CC(C)C. The zero-order valence-electron chi connectivity index (χ0n) is 87.2. The van der Waals surface area contributed by atoms with Crippen LogP contribution >= 0.6 is 0 Å². The maximum Gasteiger partial charge on any atom is 0.306 e. The van der Waals surface area contributed by atoms with Crippen LogP contribution in [0.2, 0.25) is 0 Å². The molecule has 0 saturated heterocycles. The van der Waals surface area contributed by atoms with Gasteiger partial charge in [-0.05, 0) is 202 Å². The summed E-state index contributed by atoms with van der Waals surface area (Å²) in [5.41, 5.74) is 62.6. The summed E-state index contributed by atoms with van der Waals surface area (Å²) in [6, 6.07) is 18.7. The van der Waals surface area contributed by atoms with E-state index in [1.165, 1.54) is 53.3 Å². The normalized spacial score (nSPS) is 11.7. The lowest BCUT2D eigenvalue weighted by molar-refractivity contribution is -0.143. The lowest BCUT2D eigenvalue weighted by Gasteiger charge is -2.23. The van der Waals surface area contributed by atoms with Crippen molar-refractivity contribution in [3.05, 3.63) is 175 Å². The number of aromatic nitrogens is 2. The molecule has 5 atom stereocenters. The van der Waals surface area contributed by atoms with Crippen molar-refractivity contribution in [1.29, 1.82) is 0 Å². The molecular weight excluding hydrogens is 1650 g/mol. The van der Waals surface area contributed by atoms with Crippen molar-refractivity contribution in [3.8, 4) is 0 Å². The fourth-order valence-corrected chi connectivity index (χ4v) is 14.1. The minimum atomic E-state index is -0.693. The van der Waals surface area contributed by atoms with E-state index < -0.39 is 5.97 Å². The molecule has 27 nitrogen and oxygen atoms in total. The molecule has 4 amide bonds. The Hall–Kier alpha value is -10.5. The highest BCUT2D eigenvalue weighted by Crippen LogP contribution is 2.26. The number of nitrogens with two attached hydrogens (primary N) is 10. The van der Waals surface area contributed by atoms with E-state index in [1.54, 1.807) is 25.2 Å². The topological polar surface area (TPSA) is 491 Å². The molecule has 0 spiro atoms. The summed E-state index contributed by atoms with van der Waals surface area (Å²) in [4.78, 5) is 67.0. The number of nitrogen functional groups attached to an aromatic ring is 2. The van der Waals surface area contributed by atoms with E-state index in [-0.39, 0.29) is 59.1 Å². The van der Waals surface area contributed by atoms with Crippen LogP contribution in [0.15, 0.2) is 142 Å². The summed E-state index contributed by atoms with van der Waals surface area (Å²) in [5.74, 6) is 8.63. The number of carbonyl (C=O) groups excluding carboxylic acids is 4. The summed E-state index contributed by atoms with van der Waals surface area (Å²) in [6.07, 6.45) is 24.5. The van der Waals surface area contributed by atoms with E-state index in [4.69, 9.17) is 62.4 Å². The van der Waals surface area contributed by atoms with Gasteiger partial charge >= 0.3 is 5.97 Å². The van der Waals surface area contributed by atoms with Crippen molar-refractivity contribution < 1.29 is 29.1 Å². The summed E-state index contributed by atoms with van der Waals surface area (Å²) >= 11 is 0. The third-order valence-electron chi connectivity index (χ3n) is 21.6. The third-order valence-corrected chi connectivity index (χ3v) is 21.6. The molecule has 0 fully saturated rings. The van der Waals surface area contributed by atoms with Crippen molar-refractivity contribution in [3.63, 3.8) is 0 Å². The Morgan fingerprint density at radius 1 is 0.394 bits per heavy atom. The fourth-order valence-electron chi connectivity index (χ4n) is 14.1. The van der Waals surface area contributed by atoms with Crippen LogP contribution in [0.5, 0.6) is 0 Å². The first kappa shape index (κ1) is 130. The van der Waals surface area contributed by atoms with Crippen molar-refractivity contribution in [2.24, 2.45) is 129 Å². The predicted molar refractivity (Wildman–Crippen MR) is 565 cm³/mol. The molecule has 27 heteroatoms.